The topological polar surface area (TPSA) is 58.7 Å². The highest BCUT2D eigenvalue weighted by atomic mass is 35.5. The van der Waals surface area contributed by atoms with E-state index in [-0.39, 0.29) is 11.8 Å². The number of nitrogens with two attached hydrogens (primary N) is 1. The number of rotatable bonds is 3. The van der Waals surface area contributed by atoms with Crippen molar-refractivity contribution in [2.75, 3.05) is 20.2 Å². The maximum atomic E-state index is 9.91. The Morgan fingerprint density at radius 1 is 1.56 bits per heavy atom. The smallest absolute Gasteiger partial charge is 0.162 e. The van der Waals surface area contributed by atoms with Crippen molar-refractivity contribution in [1.29, 1.82) is 0 Å². The summed E-state index contributed by atoms with van der Waals surface area (Å²) >= 11 is 5.94. The molecular weight excluding hydrogens is 228 g/mol. The predicted octanol–water partition coefficient (Wildman–Crippen LogP) is 1.20. The second-order valence-corrected chi connectivity index (χ2v) is 4.51. The summed E-state index contributed by atoms with van der Waals surface area (Å²) in [6.45, 7) is 2.36. The Hall–Kier alpha value is -0.970. The van der Waals surface area contributed by atoms with Crippen LogP contribution in [0.2, 0.25) is 5.02 Å². The SMILES string of the molecule is COc1cc(Cl)cc(CN2CC(N)C2)c1O. The van der Waals surface area contributed by atoms with Gasteiger partial charge >= 0.3 is 0 Å². The van der Waals surface area contributed by atoms with Crippen LogP contribution in [0.4, 0.5) is 0 Å². The van der Waals surface area contributed by atoms with Crippen molar-refractivity contribution in [3.63, 3.8) is 0 Å². The van der Waals surface area contributed by atoms with E-state index in [1.165, 1.54) is 7.11 Å². The molecule has 2 rings (SSSR count). The number of halogens is 1. The van der Waals surface area contributed by atoms with Crippen LogP contribution >= 0.6 is 11.6 Å². The van der Waals surface area contributed by atoms with Crippen LogP contribution in [-0.2, 0) is 6.54 Å². The number of likely N-dealkylation sites (tertiary alicyclic amines) is 1. The largest absolute Gasteiger partial charge is 0.504 e. The van der Waals surface area contributed by atoms with Gasteiger partial charge in [0.25, 0.3) is 0 Å². The van der Waals surface area contributed by atoms with Gasteiger partial charge < -0.3 is 15.6 Å². The number of aromatic hydroxyl groups is 1. The van der Waals surface area contributed by atoms with Gasteiger partial charge in [0.1, 0.15) is 0 Å². The van der Waals surface area contributed by atoms with Crippen molar-refractivity contribution < 1.29 is 9.84 Å². The first-order valence-electron chi connectivity index (χ1n) is 5.13. The first-order valence-corrected chi connectivity index (χ1v) is 5.51. The van der Waals surface area contributed by atoms with Crippen LogP contribution < -0.4 is 10.5 Å². The Labute approximate surface area is 99.6 Å². The van der Waals surface area contributed by atoms with E-state index in [1.54, 1.807) is 12.1 Å². The number of phenols is 1. The Bertz CT molecular complexity index is 392. The highest BCUT2D eigenvalue weighted by Gasteiger charge is 2.24. The van der Waals surface area contributed by atoms with Gasteiger partial charge in [-0.1, -0.05) is 11.6 Å². The lowest BCUT2D eigenvalue weighted by atomic mass is 10.1. The predicted molar refractivity (Wildman–Crippen MR) is 62.9 cm³/mol. The molecule has 1 aliphatic rings. The average molecular weight is 243 g/mol. The maximum absolute atomic E-state index is 9.91. The molecule has 1 fully saturated rings. The van der Waals surface area contributed by atoms with E-state index in [0.29, 0.717) is 17.3 Å². The van der Waals surface area contributed by atoms with E-state index >= 15 is 0 Å². The fraction of sp³-hybridized carbons (Fsp3) is 0.455. The zero-order valence-electron chi connectivity index (χ0n) is 9.11. The van der Waals surface area contributed by atoms with E-state index in [1.807, 2.05) is 0 Å². The van der Waals surface area contributed by atoms with E-state index in [0.717, 1.165) is 18.7 Å². The molecule has 88 valence electrons. The molecule has 0 aromatic heterocycles. The second-order valence-electron chi connectivity index (χ2n) is 4.07. The Morgan fingerprint density at radius 3 is 2.81 bits per heavy atom. The van der Waals surface area contributed by atoms with Crippen molar-refractivity contribution in [3.05, 3.63) is 22.7 Å². The summed E-state index contributed by atoms with van der Waals surface area (Å²) in [6, 6.07) is 3.61. The number of methoxy groups -OCH3 is 1. The minimum absolute atomic E-state index is 0.160. The minimum atomic E-state index is 0.160. The number of nitrogens with zero attached hydrogens (tertiary/aromatic N) is 1. The lowest BCUT2D eigenvalue weighted by Gasteiger charge is -2.37. The van der Waals surface area contributed by atoms with Gasteiger partial charge in [0, 0.05) is 42.3 Å². The van der Waals surface area contributed by atoms with Gasteiger partial charge in [0.05, 0.1) is 7.11 Å². The van der Waals surface area contributed by atoms with Gasteiger partial charge in [-0.25, -0.2) is 0 Å². The molecule has 0 saturated carbocycles. The molecule has 1 aromatic carbocycles. The van der Waals surface area contributed by atoms with Crippen molar-refractivity contribution in [1.82, 2.24) is 4.90 Å². The Morgan fingerprint density at radius 2 is 2.25 bits per heavy atom. The van der Waals surface area contributed by atoms with Gasteiger partial charge in [-0.3, -0.25) is 4.90 Å². The summed E-state index contributed by atoms with van der Waals surface area (Å²) in [5.41, 5.74) is 6.47. The van der Waals surface area contributed by atoms with Crippen molar-refractivity contribution in [2.45, 2.75) is 12.6 Å². The molecule has 0 unspecified atom stereocenters. The summed E-state index contributed by atoms with van der Waals surface area (Å²) < 4.78 is 5.04. The third-order valence-corrected chi connectivity index (χ3v) is 2.94. The number of hydrogen-bond acceptors (Lipinski definition) is 4. The summed E-state index contributed by atoms with van der Waals surface area (Å²) in [5, 5.41) is 10.5. The van der Waals surface area contributed by atoms with Crippen LogP contribution in [0.5, 0.6) is 11.5 Å². The lowest BCUT2D eigenvalue weighted by Crippen LogP contribution is -2.54. The third-order valence-electron chi connectivity index (χ3n) is 2.72. The normalized spacial score (nSPS) is 17.2. The molecule has 0 aliphatic carbocycles. The molecule has 0 amide bonds. The Balaban J connectivity index is 2.16. The van der Waals surface area contributed by atoms with Crippen LogP contribution in [-0.4, -0.2) is 36.2 Å². The molecule has 0 atom stereocenters. The highest BCUT2D eigenvalue weighted by Crippen LogP contribution is 2.34. The molecule has 3 N–H and O–H groups in total. The van der Waals surface area contributed by atoms with Gasteiger partial charge in [0.15, 0.2) is 11.5 Å². The zero-order valence-corrected chi connectivity index (χ0v) is 9.87. The summed E-state index contributed by atoms with van der Waals surface area (Å²) in [5.74, 6) is 0.569. The monoisotopic (exact) mass is 242 g/mol. The molecule has 0 spiro atoms. The molecule has 1 heterocycles. The van der Waals surface area contributed by atoms with Gasteiger partial charge in [-0.2, -0.15) is 0 Å². The summed E-state index contributed by atoms with van der Waals surface area (Å²) in [4.78, 5) is 2.15. The van der Waals surface area contributed by atoms with Crippen molar-refractivity contribution in [2.24, 2.45) is 5.73 Å². The molecule has 16 heavy (non-hydrogen) atoms. The average Bonchev–Trinajstić information content (AvgIpc) is 2.20. The fourth-order valence-corrected chi connectivity index (χ4v) is 2.12. The summed E-state index contributed by atoms with van der Waals surface area (Å²) in [7, 11) is 1.51. The van der Waals surface area contributed by atoms with Gasteiger partial charge in [-0.15, -0.1) is 0 Å². The van der Waals surface area contributed by atoms with E-state index < -0.39 is 0 Å². The molecular formula is C11H15ClN2O2. The fourth-order valence-electron chi connectivity index (χ4n) is 1.88. The first kappa shape index (κ1) is 11.5. The summed E-state index contributed by atoms with van der Waals surface area (Å²) in [6.07, 6.45) is 0. The molecule has 0 radical (unpaired) electrons. The number of benzene rings is 1. The minimum Gasteiger partial charge on any atom is -0.504 e. The van der Waals surface area contributed by atoms with E-state index in [4.69, 9.17) is 22.1 Å². The second kappa shape index (κ2) is 4.49. The highest BCUT2D eigenvalue weighted by molar-refractivity contribution is 6.30. The molecule has 1 aliphatic heterocycles. The lowest BCUT2D eigenvalue weighted by molar-refractivity contribution is 0.141. The number of hydrogen-bond donors (Lipinski definition) is 2. The van der Waals surface area contributed by atoms with Gasteiger partial charge in [-0.05, 0) is 6.07 Å². The zero-order chi connectivity index (χ0) is 11.7. The molecule has 5 heteroatoms. The standard InChI is InChI=1S/C11H15ClN2O2/c1-16-10-3-8(12)2-7(11(10)15)4-14-5-9(13)6-14/h2-3,9,15H,4-6,13H2,1H3. The van der Waals surface area contributed by atoms with Crippen LogP contribution in [0, 0.1) is 0 Å². The maximum Gasteiger partial charge on any atom is 0.162 e. The molecule has 1 aromatic rings. The van der Waals surface area contributed by atoms with Crippen LogP contribution in [0.25, 0.3) is 0 Å². The first-order chi connectivity index (χ1) is 7.60. The number of phenolic OH excluding ortho intramolecular Hbond substituents is 1. The van der Waals surface area contributed by atoms with E-state index in [9.17, 15) is 5.11 Å². The van der Waals surface area contributed by atoms with Crippen LogP contribution in [0.1, 0.15) is 5.56 Å². The third kappa shape index (κ3) is 2.24. The van der Waals surface area contributed by atoms with Crippen LogP contribution in [0.3, 0.4) is 0 Å². The van der Waals surface area contributed by atoms with Gasteiger partial charge in [0.2, 0.25) is 0 Å². The Kier molecular flexibility index (Phi) is 3.23. The number of ether oxygens (including phenoxy) is 1. The van der Waals surface area contributed by atoms with E-state index in [2.05, 4.69) is 4.90 Å². The van der Waals surface area contributed by atoms with Crippen molar-refractivity contribution in [3.8, 4) is 11.5 Å². The molecule has 4 nitrogen and oxygen atoms in total. The van der Waals surface area contributed by atoms with Crippen molar-refractivity contribution >= 4 is 11.6 Å². The molecule has 0 bridgehead atoms. The quantitative estimate of drug-likeness (QED) is 0.836. The van der Waals surface area contributed by atoms with Crippen LogP contribution in [0.15, 0.2) is 12.1 Å². The molecule has 1 saturated heterocycles.